The van der Waals surface area contributed by atoms with Gasteiger partial charge in [0.05, 0.1) is 0 Å². The zero-order valence-corrected chi connectivity index (χ0v) is 10.3. The first-order valence-electron chi connectivity index (χ1n) is 5.59. The molecule has 0 aromatic heterocycles. The molecule has 0 heterocycles. The van der Waals surface area contributed by atoms with Crippen LogP contribution >= 0.6 is 0 Å². The number of rotatable bonds is 5. The Balaban J connectivity index is 3.86. The molecule has 0 spiro atoms. The van der Waals surface area contributed by atoms with Gasteiger partial charge in [-0.05, 0) is 31.2 Å². The van der Waals surface area contributed by atoms with E-state index in [0.29, 0.717) is 11.5 Å². The highest BCUT2D eigenvalue weighted by molar-refractivity contribution is 4.79. The molecule has 0 aliphatic heterocycles. The minimum atomic E-state index is 0.391. The van der Waals surface area contributed by atoms with Gasteiger partial charge < -0.3 is 5.32 Å². The van der Waals surface area contributed by atoms with Gasteiger partial charge in [-0.25, -0.2) is 0 Å². The Bertz CT molecular complexity index is 124. The quantitative estimate of drug-likeness (QED) is 0.692. The molecule has 2 atom stereocenters. The van der Waals surface area contributed by atoms with Gasteiger partial charge in [0, 0.05) is 6.04 Å². The molecular formula is C12H27N. The molecule has 0 aliphatic rings. The molecule has 0 rings (SSSR count). The monoisotopic (exact) mass is 185 g/mol. The number of hydrogen-bond donors (Lipinski definition) is 1. The zero-order valence-electron chi connectivity index (χ0n) is 10.3. The van der Waals surface area contributed by atoms with Gasteiger partial charge in [0.2, 0.25) is 0 Å². The van der Waals surface area contributed by atoms with Crippen molar-refractivity contribution in [3.63, 3.8) is 0 Å². The first-order valence-corrected chi connectivity index (χ1v) is 5.59. The summed E-state index contributed by atoms with van der Waals surface area (Å²) in [4.78, 5) is 0. The van der Waals surface area contributed by atoms with E-state index >= 15 is 0 Å². The van der Waals surface area contributed by atoms with Crippen LogP contribution in [0.1, 0.15) is 53.9 Å². The van der Waals surface area contributed by atoms with E-state index in [1.807, 2.05) is 0 Å². The number of hydrogen-bond acceptors (Lipinski definition) is 1. The Morgan fingerprint density at radius 2 is 1.69 bits per heavy atom. The predicted molar refractivity (Wildman–Crippen MR) is 61.0 cm³/mol. The van der Waals surface area contributed by atoms with Crippen molar-refractivity contribution in [2.45, 2.75) is 59.9 Å². The van der Waals surface area contributed by atoms with Crippen molar-refractivity contribution in [2.75, 3.05) is 7.05 Å². The summed E-state index contributed by atoms with van der Waals surface area (Å²) in [7, 11) is 2.08. The fraction of sp³-hybridized carbons (Fsp3) is 1.00. The van der Waals surface area contributed by atoms with Crippen LogP contribution in [-0.2, 0) is 0 Å². The van der Waals surface area contributed by atoms with Gasteiger partial charge in [-0.3, -0.25) is 0 Å². The minimum Gasteiger partial charge on any atom is -0.316 e. The maximum Gasteiger partial charge on any atom is 0.0113 e. The summed E-state index contributed by atoms with van der Waals surface area (Å²) in [5.41, 5.74) is 0.391. The lowest BCUT2D eigenvalue weighted by atomic mass is 9.82. The average molecular weight is 185 g/mol. The van der Waals surface area contributed by atoms with Crippen molar-refractivity contribution in [1.29, 1.82) is 0 Å². The molecular weight excluding hydrogens is 158 g/mol. The van der Waals surface area contributed by atoms with Crippen molar-refractivity contribution in [3.8, 4) is 0 Å². The van der Waals surface area contributed by atoms with Gasteiger partial charge in [0.1, 0.15) is 0 Å². The van der Waals surface area contributed by atoms with Gasteiger partial charge >= 0.3 is 0 Å². The summed E-state index contributed by atoms with van der Waals surface area (Å²) in [6.07, 6.45) is 3.95. The molecule has 0 fully saturated rings. The first kappa shape index (κ1) is 13.0. The SMILES string of the molecule is CCC(C)CCC(NC)C(C)(C)C. The van der Waals surface area contributed by atoms with Crippen LogP contribution in [0.25, 0.3) is 0 Å². The summed E-state index contributed by atoms with van der Waals surface area (Å²) in [5.74, 6) is 0.873. The maximum absolute atomic E-state index is 3.42. The highest BCUT2D eigenvalue weighted by atomic mass is 14.9. The largest absolute Gasteiger partial charge is 0.316 e. The van der Waals surface area contributed by atoms with E-state index in [1.54, 1.807) is 0 Å². The minimum absolute atomic E-state index is 0.391. The predicted octanol–water partition coefficient (Wildman–Crippen LogP) is 3.45. The summed E-state index contributed by atoms with van der Waals surface area (Å²) in [6, 6.07) is 0.654. The highest BCUT2D eigenvalue weighted by Gasteiger charge is 2.22. The normalized spacial score (nSPS) is 17.1. The third-order valence-corrected chi connectivity index (χ3v) is 3.04. The lowest BCUT2D eigenvalue weighted by Crippen LogP contribution is -2.38. The van der Waals surface area contributed by atoms with E-state index < -0.39 is 0 Å². The second-order valence-corrected chi connectivity index (χ2v) is 5.30. The third-order valence-electron chi connectivity index (χ3n) is 3.04. The summed E-state index contributed by atoms with van der Waals surface area (Å²) in [5, 5.41) is 3.42. The smallest absolute Gasteiger partial charge is 0.0113 e. The standard InChI is InChI=1S/C12H27N/c1-7-10(2)8-9-11(13-6)12(3,4)5/h10-11,13H,7-9H2,1-6H3. The Morgan fingerprint density at radius 1 is 1.15 bits per heavy atom. The van der Waals surface area contributed by atoms with Crippen LogP contribution in [0.15, 0.2) is 0 Å². The molecule has 0 saturated heterocycles. The van der Waals surface area contributed by atoms with E-state index in [2.05, 4.69) is 47.0 Å². The molecule has 0 saturated carbocycles. The van der Waals surface area contributed by atoms with E-state index in [-0.39, 0.29) is 0 Å². The molecule has 0 aliphatic carbocycles. The van der Waals surface area contributed by atoms with Crippen molar-refractivity contribution in [3.05, 3.63) is 0 Å². The first-order chi connectivity index (χ1) is 5.91. The van der Waals surface area contributed by atoms with Gasteiger partial charge in [0.25, 0.3) is 0 Å². The lowest BCUT2D eigenvalue weighted by Gasteiger charge is -2.31. The van der Waals surface area contributed by atoms with Crippen molar-refractivity contribution in [1.82, 2.24) is 5.32 Å². The molecule has 0 aromatic carbocycles. The second kappa shape index (κ2) is 5.64. The fourth-order valence-electron chi connectivity index (χ4n) is 1.67. The Kier molecular flexibility index (Phi) is 5.62. The molecule has 80 valence electrons. The van der Waals surface area contributed by atoms with E-state index in [1.165, 1.54) is 19.3 Å². The summed E-state index contributed by atoms with van der Waals surface area (Å²) in [6.45, 7) is 11.5. The Labute approximate surface area is 84.3 Å². The van der Waals surface area contributed by atoms with Crippen LogP contribution in [0, 0.1) is 11.3 Å². The molecule has 1 heteroatoms. The maximum atomic E-state index is 3.42. The Hall–Kier alpha value is -0.0400. The lowest BCUT2D eigenvalue weighted by molar-refractivity contribution is 0.252. The van der Waals surface area contributed by atoms with Crippen LogP contribution in [0.5, 0.6) is 0 Å². The average Bonchev–Trinajstić information content (AvgIpc) is 2.02. The molecule has 2 unspecified atom stereocenters. The van der Waals surface area contributed by atoms with Crippen LogP contribution < -0.4 is 5.32 Å². The van der Waals surface area contributed by atoms with Gasteiger partial charge in [-0.15, -0.1) is 0 Å². The van der Waals surface area contributed by atoms with Gasteiger partial charge in [0.15, 0.2) is 0 Å². The van der Waals surface area contributed by atoms with Crippen molar-refractivity contribution in [2.24, 2.45) is 11.3 Å². The molecule has 0 radical (unpaired) electrons. The number of nitrogens with one attached hydrogen (secondary N) is 1. The van der Waals surface area contributed by atoms with E-state index in [0.717, 1.165) is 5.92 Å². The van der Waals surface area contributed by atoms with Crippen LogP contribution in [0.3, 0.4) is 0 Å². The fourth-order valence-corrected chi connectivity index (χ4v) is 1.67. The molecule has 0 aromatic rings. The highest BCUT2D eigenvalue weighted by Crippen LogP contribution is 2.24. The summed E-state index contributed by atoms with van der Waals surface area (Å²) < 4.78 is 0. The molecule has 13 heavy (non-hydrogen) atoms. The zero-order chi connectivity index (χ0) is 10.5. The Morgan fingerprint density at radius 3 is 2.00 bits per heavy atom. The van der Waals surface area contributed by atoms with Gasteiger partial charge in [-0.2, -0.15) is 0 Å². The molecule has 0 amide bonds. The van der Waals surface area contributed by atoms with Crippen molar-refractivity contribution >= 4 is 0 Å². The topological polar surface area (TPSA) is 12.0 Å². The van der Waals surface area contributed by atoms with Crippen LogP contribution in [-0.4, -0.2) is 13.1 Å². The summed E-state index contributed by atoms with van der Waals surface area (Å²) >= 11 is 0. The second-order valence-electron chi connectivity index (χ2n) is 5.30. The van der Waals surface area contributed by atoms with Crippen molar-refractivity contribution < 1.29 is 0 Å². The molecule has 0 bridgehead atoms. The van der Waals surface area contributed by atoms with Crippen LogP contribution in [0.2, 0.25) is 0 Å². The molecule has 1 nitrogen and oxygen atoms in total. The molecule has 1 N–H and O–H groups in total. The van der Waals surface area contributed by atoms with E-state index in [9.17, 15) is 0 Å². The third kappa shape index (κ3) is 5.30. The van der Waals surface area contributed by atoms with Gasteiger partial charge in [-0.1, -0.05) is 41.0 Å². The van der Waals surface area contributed by atoms with E-state index in [4.69, 9.17) is 0 Å². The van der Waals surface area contributed by atoms with Crippen LogP contribution in [0.4, 0.5) is 0 Å².